The van der Waals surface area contributed by atoms with E-state index in [-0.39, 0.29) is 31.2 Å². The monoisotopic (exact) mass is 525 g/mol. The number of nitrogens with zero attached hydrogens (tertiary/aromatic N) is 1. The highest BCUT2D eigenvalue weighted by Gasteiger charge is 2.30. The van der Waals surface area contributed by atoms with E-state index in [0.29, 0.717) is 18.9 Å². The minimum atomic E-state index is -4.47. The van der Waals surface area contributed by atoms with Crippen molar-refractivity contribution in [3.05, 3.63) is 59.7 Å². The zero-order chi connectivity index (χ0) is 27.4. The molecule has 204 valence electrons. The fourth-order valence-electron chi connectivity index (χ4n) is 3.62. The maximum Gasteiger partial charge on any atom is 0.416 e. The lowest BCUT2D eigenvalue weighted by atomic mass is 10.0. The smallest absolute Gasteiger partial charge is 0.416 e. The van der Waals surface area contributed by atoms with Gasteiger partial charge in [0, 0.05) is 19.6 Å². The number of hydrogen-bond acceptors (Lipinski definition) is 5. The van der Waals surface area contributed by atoms with Crippen molar-refractivity contribution in [1.29, 1.82) is 0 Å². The van der Waals surface area contributed by atoms with E-state index in [4.69, 9.17) is 14.2 Å². The van der Waals surface area contributed by atoms with E-state index in [1.165, 1.54) is 4.90 Å². The van der Waals surface area contributed by atoms with E-state index in [9.17, 15) is 27.9 Å². The minimum Gasteiger partial charge on any atom is -0.492 e. The molecule has 10 heteroatoms. The SMILES string of the molecule is CCOC(Cc1ccc(OCCN(CC(CC)CC)C(=O)Oc2ccc(C(F)(F)F)cc2)cc1)C(=O)O. The summed E-state index contributed by atoms with van der Waals surface area (Å²) in [5.41, 5.74) is -0.0411. The molecule has 0 saturated carbocycles. The van der Waals surface area contributed by atoms with Gasteiger partial charge >= 0.3 is 18.2 Å². The molecule has 1 atom stereocenters. The first-order valence-electron chi connectivity index (χ1n) is 12.3. The molecular weight excluding hydrogens is 491 g/mol. The van der Waals surface area contributed by atoms with Gasteiger partial charge in [-0.2, -0.15) is 13.2 Å². The summed E-state index contributed by atoms with van der Waals surface area (Å²) in [5, 5.41) is 9.23. The van der Waals surface area contributed by atoms with E-state index >= 15 is 0 Å². The standard InChI is InChI=1S/C27H34F3NO6/c1-4-19(5-2)18-31(26(34)37-23-13-9-21(10-14-23)27(28,29)30)15-16-36-22-11-7-20(8-12-22)17-24(25(32)33)35-6-3/h7-14,19,24H,4-6,15-18H2,1-3H3,(H,32,33). The summed E-state index contributed by atoms with van der Waals surface area (Å²) in [5.74, 6) is -0.226. The van der Waals surface area contributed by atoms with Crippen molar-refractivity contribution in [2.75, 3.05) is 26.3 Å². The molecule has 0 bridgehead atoms. The molecule has 2 aromatic rings. The maximum absolute atomic E-state index is 12.8. The second-order valence-electron chi connectivity index (χ2n) is 8.50. The van der Waals surface area contributed by atoms with Crippen LogP contribution in [0.1, 0.15) is 44.7 Å². The number of carboxylic acids is 1. The summed E-state index contributed by atoms with van der Waals surface area (Å²) < 4.78 is 54.7. The number of carboxylic acid groups (broad SMARTS) is 1. The number of carbonyl (C=O) groups is 2. The number of halogens is 3. The predicted molar refractivity (Wildman–Crippen MR) is 132 cm³/mol. The third-order valence-electron chi connectivity index (χ3n) is 5.90. The van der Waals surface area contributed by atoms with Crippen molar-refractivity contribution >= 4 is 12.1 Å². The van der Waals surface area contributed by atoms with Crippen LogP contribution in [0.15, 0.2) is 48.5 Å². The Labute approximate surface area is 215 Å². The molecule has 0 aliphatic heterocycles. The van der Waals surface area contributed by atoms with Crippen LogP contribution < -0.4 is 9.47 Å². The van der Waals surface area contributed by atoms with Crippen molar-refractivity contribution in [3.8, 4) is 11.5 Å². The second-order valence-corrected chi connectivity index (χ2v) is 8.50. The quantitative estimate of drug-likeness (QED) is 0.323. The molecule has 0 spiro atoms. The Kier molecular flexibility index (Phi) is 11.7. The highest BCUT2D eigenvalue weighted by atomic mass is 19.4. The number of amides is 1. The maximum atomic E-state index is 12.8. The van der Waals surface area contributed by atoms with E-state index in [0.717, 1.165) is 42.7 Å². The van der Waals surface area contributed by atoms with Gasteiger partial charge in [-0.1, -0.05) is 38.8 Å². The predicted octanol–water partition coefficient (Wildman–Crippen LogP) is 6.05. The average Bonchev–Trinajstić information content (AvgIpc) is 2.86. The normalized spacial score (nSPS) is 12.3. The summed E-state index contributed by atoms with van der Waals surface area (Å²) in [6.45, 7) is 6.87. The Hall–Kier alpha value is -3.27. The van der Waals surface area contributed by atoms with Crippen LogP contribution in [0.5, 0.6) is 11.5 Å². The first kappa shape index (κ1) is 30.0. The molecule has 1 amide bonds. The van der Waals surface area contributed by atoms with Crippen LogP contribution in [0, 0.1) is 5.92 Å². The van der Waals surface area contributed by atoms with E-state index in [1.807, 2.05) is 13.8 Å². The third-order valence-corrected chi connectivity index (χ3v) is 5.90. The highest BCUT2D eigenvalue weighted by molar-refractivity contribution is 5.72. The molecule has 0 aliphatic carbocycles. The Bertz CT molecular complexity index is 975. The fourth-order valence-corrected chi connectivity index (χ4v) is 3.62. The molecule has 0 saturated heterocycles. The molecule has 7 nitrogen and oxygen atoms in total. The molecule has 0 radical (unpaired) electrons. The van der Waals surface area contributed by atoms with E-state index in [2.05, 4.69) is 0 Å². The average molecular weight is 526 g/mol. The summed E-state index contributed by atoms with van der Waals surface area (Å²) >= 11 is 0. The molecule has 0 aliphatic rings. The van der Waals surface area contributed by atoms with Crippen LogP contribution in [-0.2, 0) is 22.1 Å². The molecule has 0 aromatic heterocycles. The fraction of sp³-hybridized carbons (Fsp3) is 0.481. The number of aliphatic carboxylic acids is 1. The number of benzene rings is 2. The van der Waals surface area contributed by atoms with Crippen LogP contribution in [0.2, 0.25) is 0 Å². The molecule has 1 N–H and O–H groups in total. The van der Waals surface area contributed by atoms with Crippen LogP contribution >= 0.6 is 0 Å². The topological polar surface area (TPSA) is 85.3 Å². The summed E-state index contributed by atoms with van der Waals surface area (Å²) in [6.07, 6.45) is -4.14. The van der Waals surface area contributed by atoms with Crippen molar-refractivity contribution in [2.45, 2.75) is 52.3 Å². The molecule has 0 heterocycles. The van der Waals surface area contributed by atoms with Crippen molar-refractivity contribution in [1.82, 2.24) is 4.90 Å². The number of ether oxygens (including phenoxy) is 3. The lowest BCUT2D eigenvalue weighted by Gasteiger charge is -2.26. The number of alkyl halides is 3. The summed E-state index contributed by atoms with van der Waals surface area (Å²) in [6, 6.07) is 10.9. The Morgan fingerprint density at radius 2 is 1.54 bits per heavy atom. The zero-order valence-corrected chi connectivity index (χ0v) is 21.3. The van der Waals surface area contributed by atoms with Gasteiger partial charge in [0.25, 0.3) is 0 Å². The largest absolute Gasteiger partial charge is 0.492 e. The van der Waals surface area contributed by atoms with Gasteiger partial charge in [-0.15, -0.1) is 0 Å². The Balaban J connectivity index is 1.98. The van der Waals surface area contributed by atoms with Crippen LogP contribution in [0.3, 0.4) is 0 Å². The van der Waals surface area contributed by atoms with Gasteiger partial charge < -0.3 is 24.2 Å². The summed E-state index contributed by atoms with van der Waals surface area (Å²) in [7, 11) is 0. The Morgan fingerprint density at radius 3 is 2.05 bits per heavy atom. The van der Waals surface area contributed by atoms with Crippen molar-refractivity contribution in [3.63, 3.8) is 0 Å². The molecule has 2 rings (SSSR count). The molecule has 37 heavy (non-hydrogen) atoms. The van der Waals surface area contributed by atoms with Crippen molar-refractivity contribution in [2.24, 2.45) is 5.92 Å². The minimum absolute atomic E-state index is 0.0239. The lowest BCUT2D eigenvalue weighted by Crippen LogP contribution is -2.40. The number of rotatable bonds is 14. The number of carbonyl (C=O) groups excluding carboxylic acids is 1. The Morgan fingerprint density at radius 1 is 0.946 bits per heavy atom. The van der Waals surface area contributed by atoms with Crippen LogP contribution in [0.4, 0.5) is 18.0 Å². The van der Waals surface area contributed by atoms with Gasteiger partial charge in [0.2, 0.25) is 0 Å². The van der Waals surface area contributed by atoms with Gasteiger partial charge in [-0.25, -0.2) is 9.59 Å². The van der Waals surface area contributed by atoms with Gasteiger partial charge in [0.05, 0.1) is 12.1 Å². The van der Waals surface area contributed by atoms with E-state index in [1.54, 1.807) is 31.2 Å². The molecule has 1 unspecified atom stereocenters. The molecule has 0 fully saturated rings. The van der Waals surface area contributed by atoms with E-state index < -0.39 is 29.9 Å². The second kappa shape index (κ2) is 14.5. The first-order valence-corrected chi connectivity index (χ1v) is 12.3. The van der Waals surface area contributed by atoms with Crippen LogP contribution in [0.25, 0.3) is 0 Å². The highest BCUT2D eigenvalue weighted by Crippen LogP contribution is 2.30. The van der Waals surface area contributed by atoms with Crippen molar-refractivity contribution < 1.29 is 42.1 Å². The zero-order valence-electron chi connectivity index (χ0n) is 21.3. The number of hydrogen-bond donors (Lipinski definition) is 1. The third kappa shape index (κ3) is 9.95. The lowest BCUT2D eigenvalue weighted by molar-refractivity contribution is -0.150. The van der Waals surface area contributed by atoms with Gasteiger partial charge in [-0.3, -0.25) is 0 Å². The summed E-state index contributed by atoms with van der Waals surface area (Å²) in [4.78, 5) is 25.6. The van der Waals surface area contributed by atoms with Gasteiger partial charge in [-0.05, 0) is 54.8 Å². The van der Waals surface area contributed by atoms with Gasteiger partial charge in [0.15, 0.2) is 6.10 Å². The molecular formula is C27H34F3NO6. The first-order chi connectivity index (χ1) is 17.6. The van der Waals surface area contributed by atoms with Gasteiger partial charge in [0.1, 0.15) is 18.1 Å². The van der Waals surface area contributed by atoms with Crippen LogP contribution in [-0.4, -0.2) is 54.5 Å². The molecule has 2 aromatic carbocycles.